The molecule has 0 unspecified atom stereocenters. The summed E-state index contributed by atoms with van der Waals surface area (Å²) in [7, 11) is 0. The Balaban J connectivity index is 1.89. The summed E-state index contributed by atoms with van der Waals surface area (Å²) in [5.74, 6) is 1.21. The molecule has 4 rings (SSSR count). The van der Waals surface area contributed by atoms with Gasteiger partial charge in [-0.3, -0.25) is 0 Å². The van der Waals surface area contributed by atoms with E-state index in [-0.39, 0.29) is 0 Å². The molecular weight excluding hydrogens is 356 g/mol. The van der Waals surface area contributed by atoms with E-state index < -0.39 is 24.5 Å². The third-order valence-electron chi connectivity index (χ3n) is 5.12. The molecule has 0 amide bonds. The van der Waals surface area contributed by atoms with Gasteiger partial charge in [-0.15, -0.1) is 0 Å². The van der Waals surface area contributed by atoms with E-state index in [1.807, 2.05) is 36.5 Å². The van der Waals surface area contributed by atoms with Crippen LogP contribution in [0.5, 0.6) is 0 Å². The largest absolute Gasteiger partial charge is 0.388 e. The van der Waals surface area contributed by atoms with Gasteiger partial charge in [0.05, 0.1) is 11.5 Å². The summed E-state index contributed by atoms with van der Waals surface area (Å²) in [6, 6.07) is 10.00. The summed E-state index contributed by atoms with van der Waals surface area (Å²) >= 11 is 0. The van der Waals surface area contributed by atoms with Crippen LogP contribution in [0.4, 0.5) is 5.82 Å². The number of anilines is 1. The molecule has 1 aliphatic rings. The van der Waals surface area contributed by atoms with Crippen molar-refractivity contribution >= 4 is 16.9 Å². The van der Waals surface area contributed by atoms with E-state index in [0.717, 1.165) is 28.9 Å². The van der Waals surface area contributed by atoms with Gasteiger partial charge in [-0.05, 0) is 18.4 Å². The Labute approximate surface area is 164 Å². The van der Waals surface area contributed by atoms with Crippen molar-refractivity contribution in [3.05, 3.63) is 42.9 Å². The first-order valence-corrected chi connectivity index (χ1v) is 9.63. The van der Waals surface area contributed by atoms with Crippen LogP contribution in [0.25, 0.3) is 22.2 Å². The lowest BCUT2D eigenvalue weighted by atomic mass is 10.1. The van der Waals surface area contributed by atoms with Crippen molar-refractivity contribution in [3.63, 3.8) is 0 Å². The Morgan fingerprint density at radius 1 is 1.14 bits per heavy atom. The quantitative estimate of drug-likeness (QED) is 0.628. The number of fused-ring (bicyclic) bond motifs is 1. The average Bonchev–Trinajstić information content (AvgIpc) is 3.20. The van der Waals surface area contributed by atoms with Gasteiger partial charge in [-0.2, -0.15) is 0 Å². The Morgan fingerprint density at radius 3 is 2.54 bits per heavy atom. The van der Waals surface area contributed by atoms with E-state index >= 15 is 0 Å². The number of aliphatic hydroxyl groups excluding tert-OH is 2. The van der Waals surface area contributed by atoms with Crippen LogP contribution < -0.4 is 5.32 Å². The van der Waals surface area contributed by atoms with Gasteiger partial charge in [0.15, 0.2) is 6.23 Å². The molecule has 148 valence electrons. The van der Waals surface area contributed by atoms with Crippen molar-refractivity contribution in [1.29, 1.82) is 0 Å². The summed E-state index contributed by atoms with van der Waals surface area (Å²) in [5, 5.41) is 25.0. The number of hydrogen-bond acceptors (Lipinski definition) is 6. The maximum absolute atomic E-state index is 10.5. The lowest BCUT2D eigenvalue weighted by molar-refractivity contribution is -0.0295. The maximum Gasteiger partial charge on any atom is 0.164 e. The van der Waals surface area contributed by atoms with E-state index in [0.29, 0.717) is 11.6 Å². The molecule has 7 nitrogen and oxygen atoms in total. The van der Waals surface area contributed by atoms with E-state index in [2.05, 4.69) is 29.1 Å². The van der Waals surface area contributed by atoms with Crippen LogP contribution in [0.15, 0.2) is 42.9 Å². The summed E-state index contributed by atoms with van der Waals surface area (Å²) in [6.45, 7) is 6.81. The molecule has 0 saturated carbocycles. The molecule has 1 fully saturated rings. The zero-order valence-corrected chi connectivity index (χ0v) is 16.3. The highest BCUT2D eigenvalue weighted by Crippen LogP contribution is 2.38. The number of nitrogens with zero attached hydrogens (tertiary/aromatic N) is 3. The average molecular weight is 382 g/mol. The number of benzene rings is 1. The highest BCUT2D eigenvalue weighted by atomic mass is 16.6. The van der Waals surface area contributed by atoms with Crippen molar-refractivity contribution in [1.82, 2.24) is 14.5 Å². The number of aliphatic hydroxyl groups is 2. The van der Waals surface area contributed by atoms with E-state index in [1.54, 1.807) is 11.5 Å². The maximum atomic E-state index is 10.5. The van der Waals surface area contributed by atoms with Gasteiger partial charge in [0.1, 0.15) is 30.0 Å². The van der Waals surface area contributed by atoms with Gasteiger partial charge in [0.25, 0.3) is 0 Å². The second-order valence-electron chi connectivity index (χ2n) is 7.72. The van der Waals surface area contributed by atoms with Gasteiger partial charge in [-0.25, -0.2) is 9.97 Å². The van der Waals surface area contributed by atoms with E-state index in [1.165, 1.54) is 6.33 Å². The number of rotatable bonds is 5. The molecule has 1 saturated heterocycles. The van der Waals surface area contributed by atoms with Crippen LogP contribution in [0.3, 0.4) is 0 Å². The minimum absolute atomic E-state index is 0.460. The number of hydrogen-bond donors (Lipinski definition) is 3. The second-order valence-corrected chi connectivity index (χ2v) is 7.72. The van der Waals surface area contributed by atoms with Gasteiger partial charge in [0, 0.05) is 18.3 Å². The fraction of sp³-hybridized carbons (Fsp3) is 0.429. The van der Waals surface area contributed by atoms with E-state index in [4.69, 9.17) is 4.74 Å². The third-order valence-corrected chi connectivity index (χ3v) is 5.12. The third kappa shape index (κ3) is 3.26. The minimum atomic E-state index is -1.03. The summed E-state index contributed by atoms with van der Waals surface area (Å²) in [6.07, 6.45) is 0.292. The minimum Gasteiger partial charge on any atom is -0.388 e. The number of ether oxygens (including phenoxy) is 1. The number of aromatic nitrogens is 3. The summed E-state index contributed by atoms with van der Waals surface area (Å²) in [5.41, 5.74) is 2.63. The van der Waals surface area contributed by atoms with Crippen LogP contribution in [-0.4, -0.2) is 49.6 Å². The zero-order chi connectivity index (χ0) is 19.8. The van der Waals surface area contributed by atoms with Crippen LogP contribution >= 0.6 is 0 Å². The van der Waals surface area contributed by atoms with Crippen molar-refractivity contribution in [2.24, 2.45) is 5.92 Å². The molecule has 7 heteroatoms. The van der Waals surface area contributed by atoms with Crippen molar-refractivity contribution in [3.8, 4) is 11.1 Å². The monoisotopic (exact) mass is 382 g/mol. The molecule has 0 aliphatic carbocycles. The zero-order valence-electron chi connectivity index (χ0n) is 16.3. The molecule has 3 aromatic rings. The Morgan fingerprint density at radius 2 is 1.89 bits per heavy atom. The Kier molecular flexibility index (Phi) is 5.05. The van der Waals surface area contributed by atoms with Crippen LogP contribution in [0.1, 0.15) is 27.0 Å². The van der Waals surface area contributed by atoms with Crippen molar-refractivity contribution < 1.29 is 14.9 Å². The lowest BCUT2D eigenvalue weighted by Crippen LogP contribution is -2.30. The van der Waals surface area contributed by atoms with Gasteiger partial charge in [-0.1, -0.05) is 44.2 Å². The summed E-state index contributed by atoms with van der Waals surface area (Å²) in [4.78, 5) is 8.95. The highest BCUT2D eigenvalue weighted by molar-refractivity contribution is 6.01. The first-order chi connectivity index (χ1) is 13.5. The smallest absolute Gasteiger partial charge is 0.164 e. The van der Waals surface area contributed by atoms with Gasteiger partial charge >= 0.3 is 0 Å². The topological polar surface area (TPSA) is 92.4 Å². The molecule has 3 N–H and O–H groups in total. The van der Waals surface area contributed by atoms with Gasteiger partial charge in [0.2, 0.25) is 0 Å². The van der Waals surface area contributed by atoms with Crippen molar-refractivity contribution in [2.45, 2.75) is 45.3 Å². The van der Waals surface area contributed by atoms with Crippen LogP contribution in [0.2, 0.25) is 0 Å². The fourth-order valence-corrected chi connectivity index (χ4v) is 3.61. The molecule has 0 spiro atoms. The van der Waals surface area contributed by atoms with E-state index in [9.17, 15) is 10.2 Å². The lowest BCUT2D eigenvalue weighted by Gasteiger charge is -2.17. The molecule has 28 heavy (non-hydrogen) atoms. The molecule has 4 atom stereocenters. The molecule has 1 aromatic carbocycles. The predicted molar refractivity (Wildman–Crippen MR) is 108 cm³/mol. The number of nitrogens with one attached hydrogen (secondary N) is 1. The Bertz CT molecular complexity index is 957. The van der Waals surface area contributed by atoms with Crippen molar-refractivity contribution in [2.75, 3.05) is 11.9 Å². The molecule has 3 heterocycles. The molecule has 2 aromatic heterocycles. The van der Waals surface area contributed by atoms with Gasteiger partial charge < -0.3 is 24.8 Å². The van der Waals surface area contributed by atoms with Crippen LogP contribution in [0, 0.1) is 5.92 Å². The Hall–Kier alpha value is -2.48. The normalized spacial score (nSPS) is 24.9. The molecular formula is C21H26N4O3. The SMILES string of the molecule is CC(C)CNc1ncnc2c1c(-c1ccccc1)cn2[C@@H]1O[C@H](C)[C@@H](O)[C@H]1O. The molecule has 0 bridgehead atoms. The predicted octanol–water partition coefficient (Wildman–Crippen LogP) is 2.81. The molecule has 0 radical (unpaired) electrons. The first kappa shape index (κ1) is 18.9. The standard InChI is InChI=1S/C21H26N4O3/c1-12(2)9-22-19-16-15(14-7-5-4-6-8-14)10-25(20(16)24-11-23-19)21-18(27)17(26)13(3)28-21/h4-8,10-13,17-18,21,26-27H,9H2,1-3H3,(H,22,23,24)/t13-,17-,18-,21-/m1/s1. The fourth-order valence-electron chi connectivity index (χ4n) is 3.61. The molecule has 1 aliphatic heterocycles. The first-order valence-electron chi connectivity index (χ1n) is 9.63. The summed E-state index contributed by atoms with van der Waals surface area (Å²) < 4.78 is 7.65. The second kappa shape index (κ2) is 7.50. The highest BCUT2D eigenvalue weighted by Gasteiger charge is 2.42. The van der Waals surface area contributed by atoms with Crippen LogP contribution in [-0.2, 0) is 4.74 Å².